The second kappa shape index (κ2) is 6.05. The number of unbranched alkanes of at least 4 members (excludes halogenated alkanes) is 1. The highest BCUT2D eigenvalue weighted by Crippen LogP contribution is 1.90. The van der Waals surface area contributed by atoms with E-state index in [9.17, 15) is 0 Å². The van der Waals surface area contributed by atoms with Crippen molar-refractivity contribution in [2.24, 2.45) is 0 Å². The maximum Gasteiger partial charge on any atom is 0.0684 e. The molecule has 0 aliphatic carbocycles. The molecule has 0 aromatic heterocycles. The van der Waals surface area contributed by atoms with Crippen LogP contribution in [0.15, 0.2) is 0 Å². The van der Waals surface area contributed by atoms with Gasteiger partial charge in [-0.3, -0.25) is 4.84 Å². The summed E-state index contributed by atoms with van der Waals surface area (Å²) >= 11 is 0. The van der Waals surface area contributed by atoms with Crippen molar-refractivity contribution in [3.63, 3.8) is 0 Å². The molecule has 0 amide bonds. The Balaban J connectivity index is 2.88. The molecule has 0 aromatic rings. The fourth-order valence-corrected chi connectivity index (χ4v) is 0.456. The Hall–Kier alpha value is -0.0800. The molecule has 0 unspecified atom stereocenters. The van der Waals surface area contributed by atoms with E-state index in [0.29, 0.717) is 0 Å². The SMILES string of the molecule is CCCCON(C)CC. The first-order valence-electron chi connectivity index (χ1n) is 3.65. The molecule has 0 aliphatic heterocycles. The van der Waals surface area contributed by atoms with Crippen LogP contribution in [0.2, 0.25) is 0 Å². The van der Waals surface area contributed by atoms with E-state index in [1.54, 1.807) is 0 Å². The van der Waals surface area contributed by atoms with Crippen LogP contribution in [0.25, 0.3) is 0 Å². The average Bonchev–Trinajstić information content (AvgIpc) is 1.89. The molecule has 9 heavy (non-hydrogen) atoms. The van der Waals surface area contributed by atoms with Gasteiger partial charge in [0.25, 0.3) is 0 Å². The highest BCUT2D eigenvalue weighted by molar-refractivity contribution is 4.30. The average molecular weight is 131 g/mol. The maximum atomic E-state index is 5.26. The second-order valence-corrected chi connectivity index (χ2v) is 2.13. The minimum Gasteiger partial charge on any atom is -0.299 e. The van der Waals surface area contributed by atoms with E-state index in [4.69, 9.17) is 4.84 Å². The maximum absolute atomic E-state index is 5.26. The minimum atomic E-state index is 0.862. The molecule has 0 fully saturated rings. The first-order valence-corrected chi connectivity index (χ1v) is 3.65. The summed E-state index contributed by atoms with van der Waals surface area (Å²) in [5.74, 6) is 0. The van der Waals surface area contributed by atoms with Gasteiger partial charge >= 0.3 is 0 Å². The van der Waals surface area contributed by atoms with Gasteiger partial charge in [0.1, 0.15) is 0 Å². The highest BCUT2D eigenvalue weighted by Gasteiger charge is 1.90. The zero-order valence-electron chi connectivity index (χ0n) is 6.68. The van der Waals surface area contributed by atoms with Crippen LogP contribution in [-0.2, 0) is 4.84 Å². The Morgan fingerprint density at radius 1 is 1.33 bits per heavy atom. The Morgan fingerprint density at radius 2 is 2.00 bits per heavy atom. The predicted molar refractivity (Wildman–Crippen MR) is 39.2 cm³/mol. The Labute approximate surface area is 57.8 Å². The van der Waals surface area contributed by atoms with Gasteiger partial charge in [-0.1, -0.05) is 20.3 Å². The summed E-state index contributed by atoms with van der Waals surface area (Å²) in [4.78, 5) is 5.26. The lowest BCUT2D eigenvalue weighted by Gasteiger charge is -2.12. The summed E-state index contributed by atoms with van der Waals surface area (Å²) in [6.07, 6.45) is 2.36. The summed E-state index contributed by atoms with van der Waals surface area (Å²) in [6.45, 7) is 6.06. The second-order valence-electron chi connectivity index (χ2n) is 2.13. The lowest BCUT2D eigenvalue weighted by Crippen LogP contribution is -2.18. The Bertz CT molecular complexity index is 56.9. The van der Waals surface area contributed by atoms with Crippen LogP contribution in [-0.4, -0.2) is 25.3 Å². The van der Waals surface area contributed by atoms with Gasteiger partial charge in [-0.15, -0.1) is 0 Å². The van der Waals surface area contributed by atoms with Crippen LogP contribution < -0.4 is 0 Å². The van der Waals surface area contributed by atoms with Crippen molar-refractivity contribution >= 4 is 0 Å². The van der Waals surface area contributed by atoms with Crippen LogP contribution in [0.5, 0.6) is 0 Å². The lowest BCUT2D eigenvalue weighted by molar-refractivity contribution is -0.136. The zero-order chi connectivity index (χ0) is 7.11. The zero-order valence-corrected chi connectivity index (χ0v) is 6.68. The smallest absolute Gasteiger partial charge is 0.0684 e. The molecule has 0 heterocycles. The van der Waals surface area contributed by atoms with Crippen molar-refractivity contribution in [2.75, 3.05) is 20.2 Å². The van der Waals surface area contributed by atoms with Gasteiger partial charge < -0.3 is 0 Å². The minimum absolute atomic E-state index is 0.862. The van der Waals surface area contributed by atoms with E-state index in [0.717, 1.165) is 19.6 Å². The number of hydrogen-bond donors (Lipinski definition) is 0. The van der Waals surface area contributed by atoms with Gasteiger partial charge in [0.05, 0.1) is 6.61 Å². The van der Waals surface area contributed by atoms with Crippen molar-refractivity contribution in [2.45, 2.75) is 26.7 Å². The molecule has 0 atom stereocenters. The molecular weight excluding hydrogens is 114 g/mol. The van der Waals surface area contributed by atoms with Gasteiger partial charge in [0.2, 0.25) is 0 Å². The fraction of sp³-hybridized carbons (Fsp3) is 1.00. The standard InChI is InChI=1S/C7H17NO/c1-4-6-7-9-8(3)5-2/h4-7H2,1-3H3. The van der Waals surface area contributed by atoms with Gasteiger partial charge in [-0.25, -0.2) is 0 Å². The normalized spacial score (nSPS) is 10.7. The number of hydrogen-bond acceptors (Lipinski definition) is 2. The van der Waals surface area contributed by atoms with Crippen LogP contribution in [0.3, 0.4) is 0 Å². The van der Waals surface area contributed by atoms with Crippen molar-refractivity contribution in [1.29, 1.82) is 0 Å². The van der Waals surface area contributed by atoms with Crippen molar-refractivity contribution in [1.82, 2.24) is 5.06 Å². The largest absolute Gasteiger partial charge is 0.299 e. The molecule has 2 heteroatoms. The number of nitrogens with zero attached hydrogens (tertiary/aromatic N) is 1. The van der Waals surface area contributed by atoms with E-state index >= 15 is 0 Å². The number of rotatable bonds is 5. The van der Waals surface area contributed by atoms with Crippen LogP contribution in [0, 0.1) is 0 Å². The van der Waals surface area contributed by atoms with Crippen LogP contribution >= 0.6 is 0 Å². The molecule has 0 saturated carbocycles. The molecule has 0 bridgehead atoms. The summed E-state index contributed by atoms with van der Waals surface area (Å²) in [5.41, 5.74) is 0. The van der Waals surface area contributed by atoms with Gasteiger partial charge in [-0.2, -0.15) is 5.06 Å². The molecule has 0 saturated heterocycles. The molecule has 56 valence electrons. The third-order valence-electron chi connectivity index (χ3n) is 1.25. The third kappa shape index (κ3) is 5.80. The lowest BCUT2D eigenvalue weighted by atomic mass is 10.4. The third-order valence-corrected chi connectivity index (χ3v) is 1.25. The summed E-state index contributed by atoms with van der Waals surface area (Å²) in [6, 6.07) is 0. The Morgan fingerprint density at radius 3 is 2.44 bits per heavy atom. The fourth-order valence-electron chi connectivity index (χ4n) is 0.456. The van der Waals surface area contributed by atoms with Crippen molar-refractivity contribution in [3.8, 4) is 0 Å². The molecule has 0 radical (unpaired) electrons. The molecule has 0 aromatic carbocycles. The monoisotopic (exact) mass is 131 g/mol. The Kier molecular flexibility index (Phi) is 5.99. The van der Waals surface area contributed by atoms with E-state index in [-0.39, 0.29) is 0 Å². The summed E-state index contributed by atoms with van der Waals surface area (Å²) < 4.78 is 0. The molecule has 0 rings (SSSR count). The first-order chi connectivity index (χ1) is 4.31. The topological polar surface area (TPSA) is 12.5 Å². The van der Waals surface area contributed by atoms with Gasteiger partial charge in [0.15, 0.2) is 0 Å². The molecule has 0 aliphatic rings. The summed E-state index contributed by atoms with van der Waals surface area (Å²) in [5, 5.41) is 1.86. The van der Waals surface area contributed by atoms with E-state index < -0.39 is 0 Å². The molecule has 2 nitrogen and oxygen atoms in total. The van der Waals surface area contributed by atoms with E-state index in [1.165, 1.54) is 6.42 Å². The predicted octanol–water partition coefficient (Wildman–Crippen LogP) is 1.67. The van der Waals surface area contributed by atoms with Crippen molar-refractivity contribution < 1.29 is 4.84 Å². The molecule has 0 spiro atoms. The van der Waals surface area contributed by atoms with Crippen LogP contribution in [0.1, 0.15) is 26.7 Å². The number of hydroxylamine groups is 2. The van der Waals surface area contributed by atoms with Gasteiger partial charge in [0, 0.05) is 13.6 Å². The van der Waals surface area contributed by atoms with Gasteiger partial charge in [-0.05, 0) is 6.42 Å². The molecule has 0 N–H and O–H groups in total. The van der Waals surface area contributed by atoms with E-state index in [2.05, 4.69) is 13.8 Å². The quantitative estimate of drug-likeness (QED) is 0.415. The molecular formula is C7H17NO. The van der Waals surface area contributed by atoms with Crippen LogP contribution in [0.4, 0.5) is 0 Å². The summed E-state index contributed by atoms with van der Waals surface area (Å²) in [7, 11) is 1.95. The van der Waals surface area contributed by atoms with Crippen molar-refractivity contribution in [3.05, 3.63) is 0 Å². The first kappa shape index (κ1) is 8.92. The highest BCUT2D eigenvalue weighted by atomic mass is 16.7. The van der Waals surface area contributed by atoms with E-state index in [1.807, 2.05) is 12.1 Å².